The van der Waals surface area contributed by atoms with Crippen LogP contribution in [0.4, 0.5) is 5.82 Å². The predicted octanol–water partition coefficient (Wildman–Crippen LogP) is 1.51. The Morgan fingerprint density at radius 1 is 1.42 bits per heavy atom. The second-order valence-corrected chi connectivity index (χ2v) is 5.75. The Hall–Kier alpha value is -1.36. The fourth-order valence-electron chi connectivity index (χ4n) is 2.72. The summed E-state index contributed by atoms with van der Waals surface area (Å²) in [5, 5.41) is 0. The van der Waals surface area contributed by atoms with Crippen molar-refractivity contribution in [3.63, 3.8) is 0 Å². The van der Waals surface area contributed by atoms with Crippen LogP contribution in [0.2, 0.25) is 0 Å². The van der Waals surface area contributed by atoms with Gasteiger partial charge in [-0.1, -0.05) is 6.92 Å². The summed E-state index contributed by atoms with van der Waals surface area (Å²) in [5.41, 5.74) is -0.0421. The molecule has 2 atom stereocenters. The Bertz CT molecular complexity index is 510. The van der Waals surface area contributed by atoms with E-state index in [1.807, 2.05) is 0 Å². The molecular weight excluding hydrogens is 242 g/mol. The first-order chi connectivity index (χ1) is 9.17. The summed E-state index contributed by atoms with van der Waals surface area (Å²) >= 11 is 0. The number of piperidine rings is 1. The van der Waals surface area contributed by atoms with Crippen molar-refractivity contribution < 1.29 is 4.74 Å². The Morgan fingerprint density at radius 2 is 2.21 bits per heavy atom. The van der Waals surface area contributed by atoms with Crippen molar-refractivity contribution in [2.24, 2.45) is 5.92 Å². The van der Waals surface area contributed by atoms with E-state index in [9.17, 15) is 4.79 Å². The van der Waals surface area contributed by atoms with Crippen molar-refractivity contribution in [3.8, 4) is 0 Å². The molecule has 0 bridgehead atoms. The first-order valence-electron chi connectivity index (χ1n) is 7.06. The van der Waals surface area contributed by atoms with Crippen molar-refractivity contribution in [2.45, 2.75) is 38.2 Å². The minimum Gasteiger partial charge on any atom is -0.379 e. The largest absolute Gasteiger partial charge is 0.379 e. The lowest BCUT2D eigenvalue weighted by molar-refractivity contribution is 0.0496. The van der Waals surface area contributed by atoms with E-state index in [0.717, 1.165) is 44.0 Å². The minimum atomic E-state index is -0.0421. The smallest absolute Gasteiger partial charge is 0.252 e. The number of nitrogens with one attached hydrogen (secondary N) is 1. The number of nitrogens with zero attached hydrogens (tertiary/aromatic N) is 2. The van der Waals surface area contributed by atoms with Crippen LogP contribution in [0.1, 0.15) is 37.9 Å². The first kappa shape index (κ1) is 12.7. The molecule has 2 unspecified atom stereocenters. The quantitative estimate of drug-likeness (QED) is 0.898. The topological polar surface area (TPSA) is 58.2 Å². The van der Waals surface area contributed by atoms with E-state index < -0.39 is 0 Å². The molecule has 3 rings (SSSR count). The lowest BCUT2D eigenvalue weighted by Gasteiger charge is -2.36. The highest BCUT2D eigenvalue weighted by molar-refractivity contribution is 5.39. The zero-order valence-corrected chi connectivity index (χ0v) is 11.6. The summed E-state index contributed by atoms with van der Waals surface area (Å²) < 4.78 is 5.52. The van der Waals surface area contributed by atoms with Crippen LogP contribution in [0.15, 0.2) is 10.9 Å². The number of anilines is 1. The van der Waals surface area contributed by atoms with Crippen LogP contribution in [0.3, 0.4) is 0 Å². The van der Waals surface area contributed by atoms with E-state index in [4.69, 9.17) is 4.74 Å². The highest BCUT2D eigenvalue weighted by atomic mass is 16.5. The van der Waals surface area contributed by atoms with Crippen molar-refractivity contribution in [3.05, 3.63) is 22.2 Å². The van der Waals surface area contributed by atoms with Crippen LogP contribution in [0, 0.1) is 5.92 Å². The van der Waals surface area contributed by atoms with Gasteiger partial charge in [0.2, 0.25) is 0 Å². The van der Waals surface area contributed by atoms with Crippen LogP contribution >= 0.6 is 0 Å². The molecule has 0 amide bonds. The Kier molecular flexibility index (Phi) is 3.31. The number of rotatable bonds is 3. The molecule has 2 aliphatic rings. The van der Waals surface area contributed by atoms with Crippen LogP contribution in [-0.2, 0) is 4.74 Å². The third-order valence-corrected chi connectivity index (χ3v) is 4.23. The average Bonchev–Trinajstić information content (AvgIpc) is 3.23. The fraction of sp³-hybridized carbons (Fsp3) is 0.714. The van der Waals surface area contributed by atoms with Gasteiger partial charge in [0.25, 0.3) is 5.56 Å². The van der Waals surface area contributed by atoms with E-state index in [1.54, 1.807) is 13.2 Å². The highest BCUT2D eigenvalue weighted by Gasteiger charge is 2.29. The molecule has 0 spiro atoms. The zero-order chi connectivity index (χ0) is 13.4. The Balaban J connectivity index is 1.83. The molecule has 1 aliphatic carbocycles. The minimum absolute atomic E-state index is 0.0421. The third kappa shape index (κ3) is 2.66. The Morgan fingerprint density at radius 3 is 2.89 bits per heavy atom. The van der Waals surface area contributed by atoms with Crippen LogP contribution in [0.25, 0.3) is 0 Å². The number of aromatic amines is 1. The van der Waals surface area contributed by atoms with E-state index in [1.165, 1.54) is 0 Å². The molecule has 1 aromatic heterocycles. The number of H-pyrrole nitrogens is 1. The lowest BCUT2D eigenvalue weighted by Crippen LogP contribution is -2.44. The van der Waals surface area contributed by atoms with Gasteiger partial charge in [-0.25, -0.2) is 4.98 Å². The fourth-order valence-corrected chi connectivity index (χ4v) is 2.72. The predicted molar refractivity (Wildman–Crippen MR) is 73.6 cm³/mol. The van der Waals surface area contributed by atoms with E-state index >= 15 is 0 Å². The van der Waals surface area contributed by atoms with Gasteiger partial charge in [-0.15, -0.1) is 0 Å². The maximum atomic E-state index is 11.7. The van der Waals surface area contributed by atoms with Crippen LogP contribution < -0.4 is 10.5 Å². The van der Waals surface area contributed by atoms with Crippen molar-refractivity contribution in [2.75, 3.05) is 25.1 Å². The molecule has 2 heterocycles. The lowest BCUT2D eigenvalue weighted by atomic mass is 9.96. The van der Waals surface area contributed by atoms with Gasteiger partial charge in [-0.05, 0) is 25.2 Å². The highest BCUT2D eigenvalue weighted by Crippen LogP contribution is 2.38. The molecule has 1 saturated heterocycles. The van der Waals surface area contributed by atoms with Gasteiger partial charge in [0, 0.05) is 32.2 Å². The molecule has 104 valence electrons. The maximum Gasteiger partial charge on any atom is 0.252 e. The number of hydrogen-bond acceptors (Lipinski definition) is 4. The molecule has 0 radical (unpaired) electrons. The van der Waals surface area contributed by atoms with Crippen LogP contribution in [-0.4, -0.2) is 36.3 Å². The molecule has 2 fully saturated rings. The first-order valence-corrected chi connectivity index (χ1v) is 7.06. The van der Waals surface area contributed by atoms with Gasteiger partial charge in [0.1, 0.15) is 11.6 Å². The summed E-state index contributed by atoms with van der Waals surface area (Å²) in [5.74, 6) is 2.69. The summed E-state index contributed by atoms with van der Waals surface area (Å²) in [6, 6.07) is 1.61. The molecule has 5 heteroatoms. The maximum absolute atomic E-state index is 11.7. The van der Waals surface area contributed by atoms with Gasteiger partial charge in [0.15, 0.2) is 0 Å². The van der Waals surface area contributed by atoms with Gasteiger partial charge in [-0.3, -0.25) is 4.79 Å². The molecule has 19 heavy (non-hydrogen) atoms. The van der Waals surface area contributed by atoms with Gasteiger partial charge >= 0.3 is 0 Å². The standard InChI is InChI=1S/C14H21N3O2/c1-9-5-6-17(8-11(9)19-2)12-7-13(18)16-14(15-12)10-3-4-10/h7,9-11H,3-6,8H2,1-2H3,(H,15,16,18). The normalized spacial score (nSPS) is 27.6. The van der Waals surface area contributed by atoms with E-state index in [-0.39, 0.29) is 11.7 Å². The molecule has 0 aromatic carbocycles. The van der Waals surface area contributed by atoms with E-state index in [2.05, 4.69) is 21.8 Å². The molecule has 1 saturated carbocycles. The Labute approximate surface area is 113 Å². The summed E-state index contributed by atoms with van der Waals surface area (Å²) in [6.07, 6.45) is 3.58. The summed E-state index contributed by atoms with van der Waals surface area (Å²) in [7, 11) is 1.76. The SMILES string of the molecule is COC1CN(c2cc(=O)[nH]c(C3CC3)n2)CCC1C. The summed E-state index contributed by atoms with van der Waals surface area (Å²) in [4.78, 5) is 21.4. The molecular formula is C14H21N3O2. The number of ether oxygens (including phenoxy) is 1. The number of aromatic nitrogens is 2. The monoisotopic (exact) mass is 263 g/mol. The average molecular weight is 263 g/mol. The second-order valence-electron chi connectivity index (χ2n) is 5.75. The van der Waals surface area contributed by atoms with Gasteiger partial charge < -0.3 is 14.6 Å². The molecule has 1 aromatic rings. The molecule has 5 nitrogen and oxygen atoms in total. The van der Waals surface area contributed by atoms with Crippen molar-refractivity contribution in [1.82, 2.24) is 9.97 Å². The van der Waals surface area contributed by atoms with Gasteiger partial charge in [0.05, 0.1) is 6.10 Å². The molecule has 1 aliphatic heterocycles. The number of methoxy groups -OCH3 is 1. The van der Waals surface area contributed by atoms with E-state index in [0.29, 0.717) is 11.8 Å². The summed E-state index contributed by atoms with van der Waals surface area (Å²) in [6.45, 7) is 3.98. The number of hydrogen-bond donors (Lipinski definition) is 1. The third-order valence-electron chi connectivity index (χ3n) is 4.23. The van der Waals surface area contributed by atoms with Crippen LogP contribution in [0.5, 0.6) is 0 Å². The van der Waals surface area contributed by atoms with Gasteiger partial charge in [-0.2, -0.15) is 0 Å². The second kappa shape index (κ2) is 4.96. The van der Waals surface area contributed by atoms with Crippen molar-refractivity contribution >= 4 is 5.82 Å². The zero-order valence-electron chi connectivity index (χ0n) is 11.6. The molecule has 1 N–H and O–H groups in total. The van der Waals surface area contributed by atoms with Crippen molar-refractivity contribution in [1.29, 1.82) is 0 Å².